The minimum atomic E-state index is 0.756. The van der Waals surface area contributed by atoms with Gasteiger partial charge in [0.1, 0.15) is 17.2 Å². The fourth-order valence-electron chi connectivity index (χ4n) is 9.49. The van der Waals surface area contributed by atoms with Crippen LogP contribution in [0.1, 0.15) is 0 Å². The molecule has 58 heavy (non-hydrogen) atoms. The van der Waals surface area contributed by atoms with Crippen molar-refractivity contribution in [3.63, 3.8) is 0 Å². The Hall–Kier alpha value is -7.96. The largest absolute Gasteiger partial charge is 0.452 e. The summed E-state index contributed by atoms with van der Waals surface area (Å²) in [5.41, 5.74) is 10.2. The number of aromatic nitrogens is 5. The van der Waals surface area contributed by atoms with Crippen molar-refractivity contribution < 1.29 is 4.42 Å². The molecule has 6 heterocycles. The van der Waals surface area contributed by atoms with E-state index in [-0.39, 0.29) is 0 Å². The van der Waals surface area contributed by atoms with Crippen LogP contribution in [0.5, 0.6) is 0 Å². The molecule has 0 unspecified atom stereocenters. The second-order valence-electron chi connectivity index (χ2n) is 15.0. The predicted octanol–water partition coefficient (Wildman–Crippen LogP) is 13.3. The lowest BCUT2D eigenvalue weighted by molar-refractivity contribution is 0.663. The molecule has 0 aliphatic heterocycles. The molecule has 0 saturated carbocycles. The van der Waals surface area contributed by atoms with Gasteiger partial charge in [-0.2, -0.15) is 0 Å². The summed E-state index contributed by atoms with van der Waals surface area (Å²) in [7, 11) is 0. The summed E-state index contributed by atoms with van der Waals surface area (Å²) in [4.78, 5) is 10.7. The molecule has 0 N–H and O–H groups in total. The lowest BCUT2D eigenvalue weighted by Crippen LogP contribution is -2.05. The number of para-hydroxylation sites is 7. The first-order valence-electron chi connectivity index (χ1n) is 19.6. The van der Waals surface area contributed by atoms with Crippen LogP contribution in [-0.4, -0.2) is 23.7 Å². The highest BCUT2D eigenvalue weighted by atomic mass is 16.3. The van der Waals surface area contributed by atoms with Crippen molar-refractivity contribution >= 4 is 87.4 Å². The van der Waals surface area contributed by atoms with Gasteiger partial charge in [0, 0.05) is 54.9 Å². The highest BCUT2D eigenvalue weighted by Gasteiger charge is 2.23. The van der Waals surface area contributed by atoms with Crippen LogP contribution in [0.25, 0.3) is 116 Å². The van der Waals surface area contributed by atoms with Crippen molar-refractivity contribution in [1.29, 1.82) is 0 Å². The smallest absolute Gasteiger partial charge is 0.181 e. The number of nitrogens with zero attached hydrogens (tertiary/aromatic N) is 5. The summed E-state index contributed by atoms with van der Waals surface area (Å²) in [6.07, 6.45) is 1.90. The van der Waals surface area contributed by atoms with Gasteiger partial charge in [-0.3, -0.25) is 13.7 Å². The summed E-state index contributed by atoms with van der Waals surface area (Å²) in [6, 6.07) is 64.5. The van der Waals surface area contributed by atoms with Gasteiger partial charge in [-0.15, -0.1) is 0 Å². The minimum absolute atomic E-state index is 0.756. The van der Waals surface area contributed by atoms with E-state index in [4.69, 9.17) is 14.4 Å². The third-order valence-corrected chi connectivity index (χ3v) is 11.9. The van der Waals surface area contributed by atoms with Gasteiger partial charge in [0.25, 0.3) is 0 Å². The molecule has 7 aromatic carbocycles. The van der Waals surface area contributed by atoms with Crippen LogP contribution >= 0.6 is 0 Å². The van der Waals surface area contributed by atoms with Gasteiger partial charge in [-0.1, -0.05) is 127 Å². The zero-order valence-electron chi connectivity index (χ0n) is 31.0. The molecule has 0 amide bonds. The lowest BCUT2D eigenvalue weighted by atomic mass is 10.0. The summed E-state index contributed by atoms with van der Waals surface area (Å²) in [5.74, 6) is 2.43. The Bertz CT molecular complexity index is 3580. The first-order valence-corrected chi connectivity index (χ1v) is 19.6. The van der Waals surface area contributed by atoms with Crippen LogP contribution in [0.3, 0.4) is 0 Å². The van der Waals surface area contributed by atoms with Gasteiger partial charge in [-0.05, 0) is 60.2 Å². The maximum atomic E-state index is 6.65. The molecular weight excluding hydrogens is 711 g/mol. The van der Waals surface area contributed by atoms with E-state index in [0.717, 1.165) is 94.4 Å². The van der Waals surface area contributed by atoms with Crippen molar-refractivity contribution in [2.45, 2.75) is 0 Å². The molecule has 0 spiro atoms. The average molecular weight is 742 g/mol. The van der Waals surface area contributed by atoms with Crippen LogP contribution < -0.4 is 0 Å². The fraction of sp³-hybridized carbons (Fsp3) is 0. The number of benzene rings is 7. The zero-order chi connectivity index (χ0) is 37.9. The third kappa shape index (κ3) is 4.26. The number of furan rings is 1. The Labute approximate surface area is 331 Å². The Morgan fingerprint density at radius 1 is 0.379 bits per heavy atom. The molecule has 13 aromatic rings. The zero-order valence-corrected chi connectivity index (χ0v) is 31.0. The molecular formula is C52H31N5O. The molecule has 0 aliphatic rings. The molecule has 13 rings (SSSR count). The summed E-state index contributed by atoms with van der Waals surface area (Å²) in [6.45, 7) is 0. The fourth-order valence-corrected chi connectivity index (χ4v) is 9.49. The normalized spacial score (nSPS) is 12.1. The standard InChI is InChI=1S/C52H31N5O/c1-7-22-42-34(14-1)35-15-2-8-23-43(35)55(42)48-30-32(31-49(54-48)56-44-24-9-3-16-36(44)37-17-4-10-25-45(37)56)33-20-13-21-40-38-18-5-11-26-46(38)57(50(33)40)52-51-41(28-29-53-52)39-19-6-12-27-47(39)58-51/h1-31H. The summed E-state index contributed by atoms with van der Waals surface area (Å²) < 4.78 is 13.6. The Morgan fingerprint density at radius 2 is 0.828 bits per heavy atom. The van der Waals surface area contributed by atoms with Gasteiger partial charge in [0.2, 0.25) is 0 Å². The Morgan fingerprint density at radius 3 is 1.38 bits per heavy atom. The van der Waals surface area contributed by atoms with Gasteiger partial charge in [0.15, 0.2) is 11.4 Å². The highest BCUT2D eigenvalue weighted by Crippen LogP contribution is 2.42. The van der Waals surface area contributed by atoms with Gasteiger partial charge < -0.3 is 4.42 Å². The number of hydrogen-bond acceptors (Lipinski definition) is 3. The van der Waals surface area contributed by atoms with Crippen molar-refractivity contribution in [3.8, 4) is 28.6 Å². The Balaban J connectivity index is 1.18. The van der Waals surface area contributed by atoms with Gasteiger partial charge >= 0.3 is 0 Å². The number of rotatable bonds is 4. The maximum Gasteiger partial charge on any atom is 0.181 e. The Kier molecular flexibility index (Phi) is 6.35. The topological polar surface area (TPSA) is 53.7 Å². The molecule has 270 valence electrons. The molecule has 6 heteroatoms. The average Bonchev–Trinajstić information content (AvgIpc) is 4.03. The van der Waals surface area contributed by atoms with Crippen LogP contribution in [0.15, 0.2) is 193 Å². The predicted molar refractivity (Wildman–Crippen MR) is 238 cm³/mol. The maximum absolute atomic E-state index is 6.65. The van der Waals surface area contributed by atoms with Crippen molar-refractivity contribution in [3.05, 3.63) is 188 Å². The number of hydrogen-bond donors (Lipinski definition) is 0. The quantitative estimate of drug-likeness (QED) is 0.180. The molecule has 0 saturated heterocycles. The molecule has 6 aromatic heterocycles. The van der Waals surface area contributed by atoms with E-state index in [9.17, 15) is 0 Å². The number of fused-ring (bicyclic) bond motifs is 12. The van der Waals surface area contributed by atoms with E-state index in [0.29, 0.717) is 0 Å². The first-order chi connectivity index (χ1) is 28.8. The van der Waals surface area contributed by atoms with E-state index in [1.165, 1.54) is 21.5 Å². The molecule has 0 bridgehead atoms. The summed E-state index contributed by atoms with van der Waals surface area (Å²) in [5, 5.41) is 9.15. The lowest BCUT2D eigenvalue weighted by Gasteiger charge is -2.16. The molecule has 0 aliphatic carbocycles. The monoisotopic (exact) mass is 741 g/mol. The molecule has 0 atom stereocenters. The van der Waals surface area contributed by atoms with Gasteiger partial charge in [-0.25, -0.2) is 9.97 Å². The molecule has 0 radical (unpaired) electrons. The van der Waals surface area contributed by atoms with Crippen molar-refractivity contribution in [1.82, 2.24) is 23.7 Å². The van der Waals surface area contributed by atoms with Crippen LogP contribution in [0.4, 0.5) is 0 Å². The first kappa shape index (κ1) is 31.3. The van der Waals surface area contributed by atoms with Crippen LogP contribution in [-0.2, 0) is 0 Å². The van der Waals surface area contributed by atoms with E-state index < -0.39 is 0 Å². The third-order valence-electron chi connectivity index (χ3n) is 11.9. The second kappa shape index (κ2) is 11.8. The van der Waals surface area contributed by atoms with E-state index in [1.54, 1.807) is 0 Å². The molecule has 0 fully saturated rings. The summed E-state index contributed by atoms with van der Waals surface area (Å²) >= 11 is 0. The van der Waals surface area contributed by atoms with E-state index >= 15 is 0 Å². The second-order valence-corrected chi connectivity index (χ2v) is 15.0. The number of pyridine rings is 2. The van der Waals surface area contributed by atoms with E-state index in [1.807, 2.05) is 18.3 Å². The SMILES string of the molecule is c1ccc2c(c1)oc1c(-n3c4ccccc4c4cccc(-c5cc(-n6c7ccccc7c7ccccc76)nc(-n6c7ccccc7c7ccccc76)c5)c43)nccc12. The highest BCUT2D eigenvalue weighted by molar-refractivity contribution is 6.16. The van der Waals surface area contributed by atoms with E-state index in [2.05, 4.69) is 184 Å². The van der Waals surface area contributed by atoms with Crippen molar-refractivity contribution in [2.24, 2.45) is 0 Å². The van der Waals surface area contributed by atoms with Crippen LogP contribution in [0, 0.1) is 0 Å². The van der Waals surface area contributed by atoms with Crippen LogP contribution in [0.2, 0.25) is 0 Å². The molecule has 6 nitrogen and oxygen atoms in total. The minimum Gasteiger partial charge on any atom is -0.452 e. The van der Waals surface area contributed by atoms with Gasteiger partial charge in [0.05, 0.1) is 33.1 Å². The van der Waals surface area contributed by atoms with Crippen molar-refractivity contribution in [2.75, 3.05) is 0 Å².